The van der Waals surface area contributed by atoms with Crippen LogP contribution in [0.1, 0.15) is 27.0 Å². The van der Waals surface area contributed by atoms with Gasteiger partial charge >= 0.3 is 0 Å². The number of aryl methyl sites for hydroxylation is 1. The average Bonchev–Trinajstić information content (AvgIpc) is 2.52. The van der Waals surface area contributed by atoms with Gasteiger partial charge in [0.2, 0.25) is 0 Å². The van der Waals surface area contributed by atoms with Crippen molar-refractivity contribution >= 4 is 17.5 Å². The second kappa shape index (κ2) is 6.11. The van der Waals surface area contributed by atoms with Crippen LogP contribution in [0.2, 0.25) is 5.02 Å². The zero-order chi connectivity index (χ0) is 15.7. The van der Waals surface area contributed by atoms with E-state index < -0.39 is 0 Å². The van der Waals surface area contributed by atoms with Gasteiger partial charge in [-0.2, -0.15) is 0 Å². The molecule has 1 heterocycles. The molecule has 0 fully saturated rings. The number of likely N-dealkylation sites (N-methyl/N-ethyl adjacent to an activating group) is 1. The lowest BCUT2D eigenvalue weighted by Crippen LogP contribution is -2.44. The van der Waals surface area contributed by atoms with Gasteiger partial charge in [0.25, 0.3) is 5.91 Å². The van der Waals surface area contributed by atoms with Crippen molar-refractivity contribution in [2.45, 2.75) is 26.2 Å². The summed E-state index contributed by atoms with van der Waals surface area (Å²) < 4.78 is 5.94. The number of ether oxygens (including phenoxy) is 1. The summed E-state index contributed by atoms with van der Waals surface area (Å²) in [6.45, 7) is 2.46. The predicted octanol–water partition coefficient (Wildman–Crippen LogP) is 3.82. The molecule has 114 valence electrons. The molecule has 0 saturated heterocycles. The fraction of sp³-hybridized carbons (Fsp3) is 0.278. The third-order valence-electron chi connectivity index (χ3n) is 4.00. The Morgan fingerprint density at radius 3 is 2.68 bits per heavy atom. The lowest BCUT2D eigenvalue weighted by atomic mass is 9.96. The summed E-state index contributed by atoms with van der Waals surface area (Å²) in [6.07, 6.45) is 0.476. The fourth-order valence-corrected chi connectivity index (χ4v) is 2.78. The predicted molar refractivity (Wildman–Crippen MR) is 87.0 cm³/mol. The van der Waals surface area contributed by atoms with Crippen LogP contribution in [0.15, 0.2) is 42.5 Å². The molecule has 0 saturated carbocycles. The SMILES string of the molecule is Cc1ccc2c(c1)C(=O)N(C)C(OCc1ccc(Cl)cc1)C2. The van der Waals surface area contributed by atoms with E-state index in [-0.39, 0.29) is 12.1 Å². The number of carbonyl (C=O) groups is 1. The Kier molecular flexibility index (Phi) is 4.19. The molecule has 0 radical (unpaired) electrons. The van der Waals surface area contributed by atoms with Crippen LogP contribution < -0.4 is 0 Å². The summed E-state index contributed by atoms with van der Waals surface area (Å²) in [5, 5.41) is 0.706. The maximum atomic E-state index is 12.5. The molecule has 1 aliphatic heterocycles. The second-order valence-corrected chi connectivity index (χ2v) is 6.11. The highest BCUT2D eigenvalue weighted by Gasteiger charge is 2.30. The van der Waals surface area contributed by atoms with E-state index in [9.17, 15) is 4.79 Å². The second-order valence-electron chi connectivity index (χ2n) is 5.67. The normalized spacial score (nSPS) is 17.5. The van der Waals surface area contributed by atoms with Crippen LogP contribution in [0.3, 0.4) is 0 Å². The number of halogens is 1. The van der Waals surface area contributed by atoms with Crippen LogP contribution in [0.5, 0.6) is 0 Å². The van der Waals surface area contributed by atoms with Crippen LogP contribution in [0.25, 0.3) is 0 Å². The Hall–Kier alpha value is -1.84. The molecule has 1 aliphatic rings. The van der Waals surface area contributed by atoms with E-state index in [0.717, 1.165) is 22.3 Å². The maximum Gasteiger partial charge on any atom is 0.255 e. The summed E-state index contributed by atoms with van der Waals surface area (Å²) in [5.41, 5.74) is 3.98. The van der Waals surface area contributed by atoms with Gasteiger partial charge < -0.3 is 9.64 Å². The number of rotatable bonds is 3. The Labute approximate surface area is 135 Å². The molecule has 3 nitrogen and oxygen atoms in total. The van der Waals surface area contributed by atoms with Crippen molar-refractivity contribution < 1.29 is 9.53 Å². The van der Waals surface area contributed by atoms with Crippen molar-refractivity contribution in [3.05, 3.63) is 69.7 Å². The number of benzene rings is 2. The lowest BCUT2D eigenvalue weighted by Gasteiger charge is -2.33. The number of amides is 1. The molecular formula is C18H18ClNO2. The van der Waals surface area contributed by atoms with E-state index in [0.29, 0.717) is 18.1 Å². The van der Waals surface area contributed by atoms with E-state index >= 15 is 0 Å². The first-order valence-corrected chi connectivity index (χ1v) is 7.65. The summed E-state index contributed by atoms with van der Waals surface area (Å²) in [5.74, 6) is 0.0195. The van der Waals surface area contributed by atoms with E-state index in [1.807, 2.05) is 49.4 Å². The van der Waals surface area contributed by atoms with Crippen LogP contribution >= 0.6 is 11.6 Å². The highest BCUT2D eigenvalue weighted by molar-refractivity contribution is 6.30. The average molecular weight is 316 g/mol. The number of hydrogen-bond acceptors (Lipinski definition) is 2. The third-order valence-corrected chi connectivity index (χ3v) is 4.25. The Balaban J connectivity index is 1.74. The maximum absolute atomic E-state index is 12.5. The van der Waals surface area contributed by atoms with Gasteiger partial charge in [-0.3, -0.25) is 4.79 Å². The van der Waals surface area contributed by atoms with Crippen molar-refractivity contribution in [3.8, 4) is 0 Å². The van der Waals surface area contributed by atoms with Gasteiger partial charge in [-0.15, -0.1) is 0 Å². The molecule has 0 aromatic heterocycles. The van der Waals surface area contributed by atoms with Gasteiger partial charge in [-0.25, -0.2) is 0 Å². The summed E-state index contributed by atoms with van der Waals surface area (Å²) in [4.78, 5) is 14.1. The minimum absolute atomic E-state index is 0.0195. The molecule has 2 aromatic rings. The van der Waals surface area contributed by atoms with Crippen molar-refractivity contribution in [1.29, 1.82) is 0 Å². The van der Waals surface area contributed by atoms with E-state index in [1.54, 1.807) is 11.9 Å². The Bertz CT molecular complexity index is 697. The monoisotopic (exact) mass is 315 g/mol. The molecule has 22 heavy (non-hydrogen) atoms. The molecular weight excluding hydrogens is 298 g/mol. The number of carbonyl (C=O) groups excluding carboxylic acids is 1. The van der Waals surface area contributed by atoms with Crippen LogP contribution in [-0.2, 0) is 17.8 Å². The zero-order valence-corrected chi connectivity index (χ0v) is 13.4. The van der Waals surface area contributed by atoms with Crippen LogP contribution in [-0.4, -0.2) is 24.1 Å². The first-order valence-electron chi connectivity index (χ1n) is 7.27. The van der Waals surface area contributed by atoms with Gasteiger partial charge in [-0.05, 0) is 36.2 Å². The van der Waals surface area contributed by atoms with Gasteiger partial charge in [0.1, 0.15) is 6.23 Å². The summed E-state index contributed by atoms with van der Waals surface area (Å²) in [6, 6.07) is 13.6. The molecule has 0 bridgehead atoms. The highest BCUT2D eigenvalue weighted by Crippen LogP contribution is 2.24. The van der Waals surface area contributed by atoms with Crippen molar-refractivity contribution in [2.24, 2.45) is 0 Å². The molecule has 1 amide bonds. The van der Waals surface area contributed by atoms with Gasteiger partial charge in [0.05, 0.1) is 6.61 Å². The summed E-state index contributed by atoms with van der Waals surface area (Å²) >= 11 is 5.88. The Morgan fingerprint density at radius 2 is 1.95 bits per heavy atom. The van der Waals surface area contributed by atoms with Crippen molar-refractivity contribution in [1.82, 2.24) is 4.90 Å². The molecule has 4 heteroatoms. The highest BCUT2D eigenvalue weighted by atomic mass is 35.5. The lowest BCUT2D eigenvalue weighted by molar-refractivity contribution is -0.0478. The molecule has 1 unspecified atom stereocenters. The van der Waals surface area contributed by atoms with Crippen LogP contribution in [0.4, 0.5) is 0 Å². The minimum atomic E-state index is -0.238. The number of nitrogens with zero attached hydrogens (tertiary/aromatic N) is 1. The Morgan fingerprint density at radius 1 is 1.23 bits per heavy atom. The van der Waals surface area contributed by atoms with E-state index in [2.05, 4.69) is 0 Å². The van der Waals surface area contributed by atoms with Gasteiger partial charge in [0.15, 0.2) is 0 Å². The fourth-order valence-electron chi connectivity index (χ4n) is 2.66. The molecule has 0 N–H and O–H groups in total. The van der Waals surface area contributed by atoms with Crippen molar-refractivity contribution in [2.75, 3.05) is 7.05 Å². The van der Waals surface area contributed by atoms with E-state index in [1.165, 1.54) is 0 Å². The minimum Gasteiger partial charge on any atom is -0.353 e. The van der Waals surface area contributed by atoms with Gasteiger partial charge in [0, 0.05) is 24.1 Å². The summed E-state index contributed by atoms with van der Waals surface area (Å²) in [7, 11) is 1.79. The number of hydrogen-bond donors (Lipinski definition) is 0. The third kappa shape index (κ3) is 3.01. The molecule has 0 spiro atoms. The topological polar surface area (TPSA) is 29.5 Å². The molecule has 2 aromatic carbocycles. The first kappa shape index (κ1) is 15.1. The first-order chi connectivity index (χ1) is 10.5. The number of fused-ring (bicyclic) bond motifs is 1. The van der Waals surface area contributed by atoms with Crippen molar-refractivity contribution in [3.63, 3.8) is 0 Å². The van der Waals surface area contributed by atoms with Gasteiger partial charge in [-0.1, -0.05) is 41.4 Å². The zero-order valence-electron chi connectivity index (χ0n) is 12.7. The smallest absolute Gasteiger partial charge is 0.255 e. The van der Waals surface area contributed by atoms with Crippen LogP contribution in [0, 0.1) is 6.92 Å². The standard InChI is InChI=1S/C18H18ClNO2/c1-12-3-6-14-10-17(20(2)18(21)16(14)9-12)22-11-13-4-7-15(19)8-5-13/h3-9,17H,10-11H2,1-2H3. The quantitative estimate of drug-likeness (QED) is 0.861. The molecule has 3 rings (SSSR count). The molecule has 0 aliphatic carbocycles. The largest absolute Gasteiger partial charge is 0.353 e. The van der Waals surface area contributed by atoms with E-state index in [4.69, 9.17) is 16.3 Å². The molecule has 1 atom stereocenters.